The molecule has 1 atom stereocenters. The van der Waals surface area contributed by atoms with E-state index in [0.717, 1.165) is 0 Å². The number of thioether (sulfide) groups is 1. The number of aromatic amines is 1. The maximum absolute atomic E-state index is 12.0. The summed E-state index contributed by atoms with van der Waals surface area (Å²) in [6, 6.07) is 5.78. The molecule has 104 valence electrons. The fraction of sp³-hybridized carbons (Fsp3) is 0.182. The number of carbonyl (C=O) groups is 1. The normalized spacial score (nSPS) is 11.8. The van der Waals surface area contributed by atoms with E-state index in [9.17, 15) is 14.9 Å². The van der Waals surface area contributed by atoms with E-state index in [2.05, 4.69) is 20.5 Å². The van der Waals surface area contributed by atoms with Crippen LogP contribution in [0.4, 0.5) is 11.4 Å². The summed E-state index contributed by atoms with van der Waals surface area (Å²) >= 11 is 1.21. The van der Waals surface area contributed by atoms with Crippen LogP contribution in [0.25, 0.3) is 0 Å². The molecular weight excluding hydrogens is 282 g/mol. The van der Waals surface area contributed by atoms with Gasteiger partial charge in [-0.25, -0.2) is 4.98 Å². The second-order valence-corrected chi connectivity index (χ2v) is 5.18. The van der Waals surface area contributed by atoms with Gasteiger partial charge in [0.05, 0.1) is 10.2 Å². The number of amides is 1. The average molecular weight is 293 g/mol. The van der Waals surface area contributed by atoms with Crippen molar-refractivity contribution in [2.24, 2.45) is 0 Å². The number of carbonyl (C=O) groups excluding carboxylic acids is 1. The molecule has 0 aliphatic carbocycles. The first kappa shape index (κ1) is 14.0. The lowest BCUT2D eigenvalue weighted by atomic mass is 10.2. The van der Waals surface area contributed by atoms with E-state index < -0.39 is 10.2 Å². The van der Waals surface area contributed by atoms with Gasteiger partial charge in [0.25, 0.3) is 5.69 Å². The van der Waals surface area contributed by atoms with E-state index in [4.69, 9.17) is 0 Å². The van der Waals surface area contributed by atoms with Crippen molar-refractivity contribution in [3.63, 3.8) is 0 Å². The Morgan fingerprint density at radius 1 is 1.55 bits per heavy atom. The van der Waals surface area contributed by atoms with E-state index in [1.807, 2.05) is 0 Å². The van der Waals surface area contributed by atoms with Crippen molar-refractivity contribution in [1.82, 2.24) is 15.2 Å². The molecule has 0 spiro atoms. The number of hydrogen-bond acceptors (Lipinski definition) is 6. The number of benzene rings is 1. The van der Waals surface area contributed by atoms with Crippen molar-refractivity contribution in [2.75, 3.05) is 5.32 Å². The van der Waals surface area contributed by atoms with Gasteiger partial charge in [0.1, 0.15) is 6.33 Å². The summed E-state index contributed by atoms with van der Waals surface area (Å²) in [5.41, 5.74) is 0.313. The summed E-state index contributed by atoms with van der Waals surface area (Å²) in [5, 5.41) is 19.7. The molecule has 0 fully saturated rings. The molecule has 2 aromatic rings. The Morgan fingerprint density at radius 3 is 3.00 bits per heavy atom. The lowest BCUT2D eigenvalue weighted by Gasteiger charge is -2.10. The topological polar surface area (TPSA) is 114 Å². The number of anilines is 1. The Morgan fingerprint density at radius 2 is 2.35 bits per heavy atom. The Kier molecular flexibility index (Phi) is 4.31. The summed E-state index contributed by atoms with van der Waals surface area (Å²) in [6.45, 7) is 1.71. The van der Waals surface area contributed by atoms with Gasteiger partial charge < -0.3 is 5.32 Å². The lowest BCUT2D eigenvalue weighted by Crippen LogP contribution is -2.22. The van der Waals surface area contributed by atoms with E-state index in [-0.39, 0.29) is 11.6 Å². The van der Waals surface area contributed by atoms with Crippen LogP contribution in [0.2, 0.25) is 0 Å². The first-order valence-corrected chi connectivity index (χ1v) is 6.51. The number of hydrogen-bond donors (Lipinski definition) is 2. The van der Waals surface area contributed by atoms with Crippen molar-refractivity contribution in [3.05, 3.63) is 40.7 Å². The first-order chi connectivity index (χ1) is 9.56. The molecule has 0 aliphatic rings. The molecule has 0 saturated carbocycles. The fourth-order valence-corrected chi connectivity index (χ4v) is 2.13. The van der Waals surface area contributed by atoms with E-state index >= 15 is 0 Å². The number of H-pyrrole nitrogens is 1. The number of nitro groups is 1. The van der Waals surface area contributed by atoms with Gasteiger partial charge in [0, 0.05) is 17.8 Å². The van der Waals surface area contributed by atoms with Crippen LogP contribution in [0.5, 0.6) is 0 Å². The van der Waals surface area contributed by atoms with Crippen molar-refractivity contribution in [1.29, 1.82) is 0 Å². The minimum absolute atomic E-state index is 0.0710. The van der Waals surface area contributed by atoms with Crippen LogP contribution in [0.1, 0.15) is 6.92 Å². The van der Waals surface area contributed by atoms with Gasteiger partial charge >= 0.3 is 0 Å². The number of rotatable bonds is 5. The third-order valence-corrected chi connectivity index (χ3v) is 3.36. The predicted molar refractivity (Wildman–Crippen MR) is 73.4 cm³/mol. The highest BCUT2D eigenvalue weighted by atomic mass is 32.2. The van der Waals surface area contributed by atoms with Crippen LogP contribution in [-0.2, 0) is 4.79 Å². The molecule has 9 heteroatoms. The van der Waals surface area contributed by atoms with Crippen LogP contribution in [0, 0.1) is 10.1 Å². The summed E-state index contributed by atoms with van der Waals surface area (Å²) in [6.07, 6.45) is 1.35. The van der Waals surface area contributed by atoms with Gasteiger partial charge in [-0.2, -0.15) is 5.10 Å². The summed E-state index contributed by atoms with van der Waals surface area (Å²) in [4.78, 5) is 26.0. The summed E-state index contributed by atoms with van der Waals surface area (Å²) < 4.78 is 0. The highest BCUT2D eigenvalue weighted by molar-refractivity contribution is 8.00. The molecule has 2 rings (SSSR count). The predicted octanol–water partition coefficient (Wildman–Crippen LogP) is 1.83. The van der Waals surface area contributed by atoms with Crippen molar-refractivity contribution in [3.8, 4) is 0 Å². The largest absolute Gasteiger partial charge is 0.325 e. The Balaban J connectivity index is 2.00. The van der Waals surface area contributed by atoms with E-state index in [1.54, 1.807) is 13.0 Å². The van der Waals surface area contributed by atoms with Gasteiger partial charge in [0.15, 0.2) is 5.16 Å². The Hall–Kier alpha value is -2.42. The van der Waals surface area contributed by atoms with Crippen LogP contribution >= 0.6 is 11.8 Å². The van der Waals surface area contributed by atoms with Crippen molar-refractivity contribution >= 4 is 29.0 Å². The number of nitrogens with one attached hydrogen (secondary N) is 2. The van der Waals surface area contributed by atoms with Gasteiger partial charge in [-0.15, -0.1) is 0 Å². The molecular formula is C11H11N5O3S. The third-order valence-electron chi connectivity index (χ3n) is 2.38. The van der Waals surface area contributed by atoms with Gasteiger partial charge in [0.2, 0.25) is 5.91 Å². The summed E-state index contributed by atoms with van der Waals surface area (Å²) in [7, 11) is 0. The molecule has 1 amide bonds. The van der Waals surface area contributed by atoms with Crippen LogP contribution in [-0.4, -0.2) is 31.3 Å². The van der Waals surface area contributed by atoms with Crippen LogP contribution in [0.15, 0.2) is 35.7 Å². The summed E-state index contributed by atoms with van der Waals surface area (Å²) in [5.74, 6) is -0.271. The second-order valence-electron chi connectivity index (χ2n) is 3.85. The maximum Gasteiger partial charge on any atom is 0.271 e. The highest BCUT2D eigenvalue weighted by Gasteiger charge is 2.17. The number of non-ortho nitro benzene ring substituents is 1. The van der Waals surface area contributed by atoms with Gasteiger partial charge in [-0.3, -0.25) is 20.0 Å². The highest BCUT2D eigenvalue weighted by Crippen LogP contribution is 2.21. The SMILES string of the molecule is CC(Sc1ncn[nH]1)C(=O)Nc1cccc([N+](=O)[O-])c1. The standard InChI is InChI=1S/C11H11N5O3S/c1-7(20-11-12-6-13-15-11)10(17)14-8-3-2-4-9(5-8)16(18)19/h2-7H,1H3,(H,14,17)(H,12,13,15). The monoisotopic (exact) mass is 293 g/mol. The number of nitrogens with zero attached hydrogens (tertiary/aromatic N) is 3. The zero-order valence-electron chi connectivity index (χ0n) is 10.4. The molecule has 20 heavy (non-hydrogen) atoms. The van der Waals surface area contributed by atoms with Crippen molar-refractivity contribution < 1.29 is 9.72 Å². The minimum Gasteiger partial charge on any atom is -0.325 e. The van der Waals surface area contributed by atoms with Crippen LogP contribution < -0.4 is 5.32 Å². The Bertz CT molecular complexity index is 616. The molecule has 1 aromatic heterocycles. The Labute approximate surface area is 118 Å². The lowest BCUT2D eigenvalue weighted by molar-refractivity contribution is -0.384. The fourth-order valence-electron chi connectivity index (χ4n) is 1.41. The maximum atomic E-state index is 12.0. The smallest absolute Gasteiger partial charge is 0.271 e. The quantitative estimate of drug-likeness (QED) is 0.494. The molecule has 1 unspecified atom stereocenters. The minimum atomic E-state index is -0.512. The second kappa shape index (κ2) is 6.15. The number of nitro benzene ring substituents is 1. The molecule has 0 aliphatic heterocycles. The molecule has 0 bridgehead atoms. The van der Waals surface area contributed by atoms with Gasteiger partial charge in [-0.05, 0) is 13.0 Å². The molecule has 8 nitrogen and oxygen atoms in total. The van der Waals surface area contributed by atoms with E-state index in [1.165, 1.54) is 36.3 Å². The average Bonchev–Trinajstić information content (AvgIpc) is 2.91. The van der Waals surface area contributed by atoms with Crippen molar-refractivity contribution in [2.45, 2.75) is 17.3 Å². The third kappa shape index (κ3) is 3.54. The van der Waals surface area contributed by atoms with E-state index in [0.29, 0.717) is 10.8 Å². The molecule has 0 saturated heterocycles. The van der Waals surface area contributed by atoms with Crippen LogP contribution in [0.3, 0.4) is 0 Å². The van der Waals surface area contributed by atoms with Gasteiger partial charge in [-0.1, -0.05) is 17.8 Å². The number of aromatic nitrogens is 3. The molecule has 1 aromatic carbocycles. The molecule has 1 heterocycles. The zero-order chi connectivity index (χ0) is 14.5. The molecule has 0 radical (unpaired) electrons. The first-order valence-electron chi connectivity index (χ1n) is 5.63. The molecule has 2 N–H and O–H groups in total. The zero-order valence-corrected chi connectivity index (χ0v) is 11.3.